The molecule has 0 spiro atoms. The van der Waals surface area contributed by atoms with E-state index < -0.39 is 0 Å². The first kappa shape index (κ1) is 91.3. The molecular formula is C143H110N4. The standard InChI is InChI=1S/C54H39N.C45H39N.C44H32N2/c1-7-19-40(20-8-1)46-31-47(41-21-9-2-10-22-41)35-52(34-46)55(53-36-48(42-23-11-3-12-24-42)32-49(37-53)43-25-13-4-14-26-43)54-38-50(44-27-15-5-16-28-44)33-51(39-54)45-29-17-6-18-30-45;1-43(2)37-16-10-7-13-31(37)34-25-28(19-22-40(34)43)46(29-20-23-41-35(26-29)32-14-8-11-17-38(32)44(41,3)4)30-21-24-42-36(27-30)33-15-9-12-18-39(33)45(42,5)6;1-3-17-37(18-4-1)45(43-23-11-15-35-13-7-9-21-41(35)43)39-29-25-33(26-30-39)34-27-31-40(32-28-34)46(38-19-5-2-6-20-38)44-24-12-16-36-14-8-10-22-42(36)44/h1-39H;7-27H,1-6H3;1-32H. The molecule has 4 nitrogen and oxygen atoms in total. The molecule has 147 heavy (non-hydrogen) atoms. The lowest BCUT2D eigenvalue weighted by atomic mass is 9.82. The first-order valence-corrected chi connectivity index (χ1v) is 51.1. The summed E-state index contributed by atoms with van der Waals surface area (Å²) in [5.74, 6) is 0. The third kappa shape index (κ3) is 17.5. The van der Waals surface area contributed by atoms with Gasteiger partial charge < -0.3 is 19.6 Å². The van der Waals surface area contributed by atoms with Gasteiger partial charge in [0.05, 0.1) is 11.4 Å². The third-order valence-corrected chi connectivity index (χ3v) is 30.3. The molecule has 3 aliphatic carbocycles. The van der Waals surface area contributed by atoms with Crippen molar-refractivity contribution in [3.05, 3.63) is 591 Å². The van der Waals surface area contributed by atoms with E-state index in [-0.39, 0.29) is 16.2 Å². The Morgan fingerprint density at radius 3 is 0.605 bits per heavy atom. The van der Waals surface area contributed by atoms with Gasteiger partial charge >= 0.3 is 0 Å². The van der Waals surface area contributed by atoms with Crippen molar-refractivity contribution in [2.24, 2.45) is 0 Å². The zero-order valence-corrected chi connectivity index (χ0v) is 83.4. The summed E-state index contributed by atoms with van der Waals surface area (Å²) in [6, 6.07) is 203. The fraction of sp³-hybridized carbons (Fsp3) is 0.0629. The average Bonchev–Trinajstić information content (AvgIpc) is 1.56. The Morgan fingerprint density at radius 2 is 0.327 bits per heavy atom. The van der Waals surface area contributed by atoms with Gasteiger partial charge in [0, 0.05) is 83.9 Å². The SMILES string of the molecule is CC1(C)c2ccccc2-c2cc(N(c3ccc4c(c3)-c3ccccc3C4(C)C)c3ccc4c(c3)-c3ccccc3C4(C)C)ccc21.c1ccc(-c2cc(-c3ccccc3)cc(N(c3cc(-c4ccccc4)cc(-c4ccccc4)c3)c3cc(-c4ccccc4)cc(-c4ccccc4)c3)c2)cc1.c1ccc(N(c2ccc(-c3ccc(N(c4ccccc4)c4cccc5ccccc45)cc3)cc2)c2cccc3ccccc23)cc1. The molecule has 23 aromatic carbocycles. The summed E-state index contributed by atoms with van der Waals surface area (Å²) in [6.07, 6.45) is 0. The second-order valence-corrected chi connectivity index (χ2v) is 40.3. The zero-order chi connectivity index (χ0) is 99.1. The van der Waals surface area contributed by atoms with Crippen LogP contribution in [0.25, 0.3) is 133 Å². The Kier molecular flexibility index (Phi) is 24.2. The summed E-state index contributed by atoms with van der Waals surface area (Å²) in [6.45, 7) is 14.1. The molecule has 0 N–H and O–H groups in total. The number of hydrogen-bond donors (Lipinski definition) is 0. The Bertz CT molecular complexity index is 7860. The molecule has 23 aromatic rings. The molecule has 0 unspecified atom stereocenters. The Labute approximate surface area is 863 Å². The van der Waals surface area contributed by atoms with Gasteiger partial charge in [0.15, 0.2) is 0 Å². The maximum atomic E-state index is 2.48. The predicted octanol–water partition coefficient (Wildman–Crippen LogP) is 39.8. The zero-order valence-electron chi connectivity index (χ0n) is 83.4. The van der Waals surface area contributed by atoms with Gasteiger partial charge in [-0.05, 0) is 307 Å². The number of hydrogen-bond acceptors (Lipinski definition) is 4. The Morgan fingerprint density at radius 1 is 0.122 bits per heavy atom. The first-order chi connectivity index (χ1) is 72.2. The summed E-state index contributed by atoms with van der Waals surface area (Å²) in [5, 5.41) is 4.90. The number of fused-ring (bicyclic) bond motifs is 11. The molecule has 0 radical (unpaired) electrons. The molecule has 0 amide bonds. The third-order valence-electron chi connectivity index (χ3n) is 30.3. The van der Waals surface area contributed by atoms with Gasteiger partial charge in [-0.3, -0.25) is 0 Å². The van der Waals surface area contributed by atoms with Gasteiger partial charge in [0.1, 0.15) is 0 Å². The average molecular weight is 1880 g/mol. The fourth-order valence-electron chi connectivity index (χ4n) is 22.9. The summed E-state index contributed by atoms with van der Waals surface area (Å²) in [7, 11) is 0. The lowest BCUT2D eigenvalue weighted by Gasteiger charge is -2.29. The Balaban J connectivity index is 0.000000119. The molecule has 0 atom stereocenters. The predicted molar refractivity (Wildman–Crippen MR) is 624 cm³/mol. The maximum Gasteiger partial charge on any atom is 0.0540 e. The van der Waals surface area contributed by atoms with Crippen molar-refractivity contribution in [1.82, 2.24) is 0 Å². The molecule has 0 aromatic heterocycles. The van der Waals surface area contributed by atoms with E-state index in [9.17, 15) is 0 Å². The van der Waals surface area contributed by atoms with Gasteiger partial charge in [-0.1, -0.05) is 448 Å². The lowest BCUT2D eigenvalue weighted by Crippen LogP contribution is -2.16. The number of nitrogens with zero attached hydrogens (tertiary/aromatic N) is 4. The molecule has 0 fully saturated rings. The normalized spacial score (nSPS) is 12.7. The van der Waals surface area contributed by atoms with Crippen LogP contribution in [-0.2, 0) is 16.2 Å². The van der Waals surface area contributed by atoms with E-state index in [0.29, 0.717) is 0 Å². The minimum atomic E-state index is -0.0268. The van der Waals surface area contributed by atoms with Gasteiger partial charge in [-0.15, -0.1) is 0 Å². The highest BCUT2D eigenvalue weighted by Gasteiger charge is 2.40. The quantitative estimate of drug-likeness (QED) is 0.0800. The molecule has 0 saturated carbocycles. The van der Waals surface area contributed by atoms with Crippen LogP contribution in [0.1, 0.15) is 74.9 Å². The van der Waals surface area contributed by atoms with Crippen molar-refractivity contribution >= 4 is 89.8 Å². The van der Waals surface area contributed by atoms with Crippen LogP contribution in [0, 0.1) is 0 Å². The number of para-hydroxylation sites is 2. The molecule has 26 rings (SSSR count). The van der Waals surface area contributed by atoms with Crippen molar-refractivity contribution in [1.29, 1.82) is 0 Å². The van der Waals surface area contributed by atoms with Crippen molar-refractivity contribution in [3.8, 4) is 111 Å². The van der Waals surface area contributed by atoms with E-state index in [1.165, 1.54) is 150 Å². The van der Waals surface area contributed by atoms with Crippen LogP contribution in [0.3, 0.4) is 0 Å². The summed E-state index contributed by atoms with van der Waals surface area (Å²) >= 11 is 0. The van der Waals surface area contributed by atoms with Crippen LogP contribution in [0.15, 0.2) is 558 Å². The minimum Gasteiger partial charge on any atom is -0.310 e. The molecule has 3 aliphatic rings. The second kappa shape index (κ2) is 38.9. The highest BCUT2D eigenvalue weighted by molar-refractivity contribution is 6.02. The smallest absolute Gasteiger partial charge is 0.0540 e. The number of rotatable bonds is 19. The van der Waals surface area contributed by atoms with Gasteiger partial charge in [0.25, 0.3) is 0 Å². The summed E-state index contributed by atoms with van der Waals surface area (Å²) < 4.78 is 0. The molecule has 0 heterocycles. The number of anilines is 12. The summed E-state index contributed by atoms with van der Waals surface area (Å²) in [5.41, 5.74) is 46.3. The van der Waals surface area contributed by atoms with Crippen molar-refractivity contribution in [3.63, 3.8) is 0 Å². The van der Waals surface area contributed by atoms with E-state index in [1.54, 1.807) is 0 Å². The topological polar surface area (TPSA) is 13.0 Å². The van der Waals surface area contributed by atoms with E-state index >= 15 is 0 Å². The van der Waals surface area contributed by atoms with E-state index in [0.717, 1.165) is 84.6 Å². The summed E-state index contributed by atoms with van der Waals surface area (Å²) in [4.78, 5) is 9.63. The number of benzene rings is 23. The largest absolute Gasteiger partial charge is 0.310 e. The van der Waals surface area contributed by atoms with Gasteiger partial charge in [-0.2, -0.15) is 0 Å². The van der Waals surface area contributed by atoms with E-state index in [4.69, 9.17) is 0 Å². The van der Waals surface area contributed by atoms with Crippen LogP contribution < -0.4 is 19.6 Å². The van der Waals surface area contributed by atoms with Crippen molar-refractivity contribution < 1.29 is 0 Å². The van der Waals surface area contributed by atoms with Crippen LogP contribution >= 0.6 is 0 Å². The molecule has 0 bridgehead atoms. The Hall–Kier alpha value is -18.2. The molecule has 0 aliphatic heterocycles. The second-order valence-electron chi connectivity index (χ2n) is 40.3. The molecule has 702 valence electrons. The fourth-order valence-corrected chi connectivity index (χ4v) is 22.9. The molecular weight excluding hydrogens is 1770 g/mol. The maximum absolute atomic E-state index is 2.48. The lowest BCUT2D eigenvalue weighted by molar-refractivity contribution is 0.660. The van der Waals surface area contributed by atoms with Crippen molar-refractivity contribution in [2.45, 2.75) is 57.8 Å². The molecule has 0 saturated heterocycles. The van der Waals surface area contributed by atoms with Gasteiger partial charge in [0.2, 0.25) is 0 Å². The van der Waals surface area contributed by atoms with E-state index in [1.807, 2.05) is 0 Å². The highest BCUT2D eigenvalue weighted by atomic mass is 15.2. The van der Waals surface area contributed by atoms with Crippen LogP contribution in [-0.4, -0.2) is 0 Å². The van der Waals surface area contributed by atoms with Gasteiger partial charge in [-0.25, -0.2) is 0 Å². The molecule has 4 heteroatoms. The first-order valence-electron chi connectivity index (χ1n) is 51.1. The minimum absolute atomic E-state index is 0.0268. The van der Waals surface area contributed by atoms with Crippen LogP contribution in [0.2, 0.25) is 0 Å². The van der Waals surface area contributed by atoms with Crippen molar-refractivity contribution in [2.75, 3.05) is 19.6 Å². The van der Waals surface area contributed by atoms with Crippen LogP contribution in [0.4, 0.5) is 68.2 Å². The highest BCUT2D eigenvalue weighted by Crippen LogP contribution is 2.57. The monoisotopic (exact) mass is 1880 g/mol. The van der Waals surface area contributed by atoms with E-state index in [2.05, 4.69) is 619 Å². The van der Waals surface area contributed by atoms with Crippen LogP contribution in [0.5, 0.6) is 0 Å².